The summed E-state index contributed by atoms with van der Waals surface area (Å²) in [6, 6.07) is 0. The molecule has 1 radical (unpaired) electrons. The van der Waals surface area contributed by atoms with E-state index in [0.717, 1.165) is 13.1 Å². The highest BCUT2D eigenvalue weighted by atomic mass is 16.2. The van der Waals surface area contributed by atoms with E-state index in [0.29, 0.717) is 6.54 Å². The van der Waals surface area contributed by atoms with Crippen LogP contribution in [0.2, 0.25) is 0 Å². The second kappa shape index (κ2) is 3.81. The molecule has 3 heteroatoms. The summed E-state index contributed by atoms with van der Waals surface area (Å²) in [6.07, 6.45) is 7.27. The molecule has 1 atom stereocenters. The lowest BCUT2D eigenvalue weighted by molar-refractivity contribution is -0.134. The largest absolute Gasteiger partial charge is 0.342 e. The van der Waals surface area contributed by atoms with Crippen LogP contribution >= 0.6 is 0 Å². The van der Waals surface area contributed by atoms with E-state index < -0.39 is 0 Å². The molecule has 0 aromatic heterocycles. The molecule has 2 rings (SSSR count). The summed E-state index contributed by atoms with van der Waals surface area (Å²) >= 11 is 0. The lowest BCUT2D eigenvalue weighted by Gasteiger charge is -2.28. The zero-order valence-electron chi connectivity index (χ0n) is 7.78. The van der Waals surface area contributed by atoms with Gasteiger partial charge in [0.15, 0.2) is 0 Å². The first-order valence-electron chi connectivity index (χ1n) is 5.00. The van der Waals surface area contributed by atoms with Crippen LogP contribution in [0.25, 0.3) is 0 Å². The number of hydrogen-bond acceptors (Lipinski definition) is 1. The molecule has 1 fully saturated rings. The zero-order chi connectivity index (χ0) is 9.10. The monoisotopic (exact) mass is 179 g/mol. The standard InChI is InChI=1S/C10H15N2O/c13-10(9-4-5-11-8-9)12-6-2-1-3-7-12/h4-5,9H,1-3,6-8H2. The first kappa shape index (κ1) is 8.60. The Bertz CT molecular complexity index is 219. The van der Waals surface area contributed by atoms with Crippen LogP contribution in [0.15, 0.2) is 12.3 Å². The number of hydrogen-bond donors (Lipinski definition) is 0. The molecule has 0 spiro atoms. The third-order valence-corrected chi connectivity index (χ3v) is 2.71. The van der Waals surface area contributed by atoms with E-state index in [1.807, 2.05) is 11.0 Å². The van der Waals surface area contributed by atoms with Crippen LogP contribution in [-0.2, 0) is 4.79 Å². The van der Waals surface area contributed by atoms with Crippen molar-refractivity contribution in [3.63, 3.8) is 0 Å². The van der Waals surface area contributed by atoms with Gasteiger partial charge in [0, 0.05) is 19.3 Å². The Labute approximate surface area is 78.8 Å². The van der Waals surface area contributed by atoms with E-state index in [1.54, 1.807) is 6.20 Å². The molecular weight excluding hydrogens is 164 g/mol. The molecule has 2 aliphatic rings. The average Bonchev–Trinajstić information content (AvgIpc) is 2.71. The molecule has 1 saturated heterocycles. The third-order valence-electron chi connectivity index (χ3n) is 2.71. The predicted octanol–water partition coefficient (Wildman–Crippen LogP) is 0.747. The van der Waals surface area contributed by atoms with E-state index in [2.05, 4.69) is 5.32 Å². The molecule has 3 nitrogen and oxygen atoms in total. The van der Waals surface area contributed by atoms with E-state index in [1.165, 1.54) is 19.3 Å². The lowest BCUT2D eigenvalue weighted by atomic mass is 10.1. The van der Waals surface area contributed by atoms with Crippen LogP contribution in [-0.4, -0.2) is 30.4 Å². The van der Waals surface area contributed by atoms with Crippen molar-refractivity contribution < 1.29 is 4.79 Å². The van der Waals surface area contributed by atoms with Gasteiger partial charge in [-0.25, -0.2) is 0 Å². The van der Waals surface area contributed by atoms with Gasteiger partial charge < -0.3 is 4.90 Å². The number of carbonyl (C=O) groups excluding carboxylic acids is 1. The van der Waals surface area contributed by atoms with Gasteiger partial charge in [-0.05, 0) is 19.3 Å². The number of carbonyl (C=O) groups is 1. The van der Waals surface area contributed by atoms with Gasteiger partial charge in [-0.2, -0.15) is 0 Å². The van der Waals surface area contributed by atoms with Crippen molar-refractivity contribution in [2.75, 3.05) is 19.6 Å². The fraction of sp³-hybridized carbons (Fsp3) is 0.700. The van der Waals surface area contributed by atoms with Gasteiger partial charge in [-0.15, -0.1) is 0 Å². The van der Waals surface area contributed by atoms with E-state index in [4.69, 9.17) is 0 Å². The molecule has 0 aromatic carbocycles. The van der Waals surface area contributed by atoms with Gasteiger partial charge in [-0.3, -0.25) is 10.1 Å². The Morgan fingerprint density at radius 3 is 2.69 bits per heavy atom. The first-order valence-corrected chi connectivity index (χ1v) is 5.00. The number of likely N-dealkylation sites (tertiary alicyclic amines) is 1. The van der Waals surface area contributed by atoms with Gasteiger partial charge >= 0.3 is 0 Å². The number of rotatable bonds is 1. The smallest absolute Gasteiger partial charge is 0.231 e. The minimum Gasteiger partial charge on any atom is -0.342 e. The Hall–Kier alpha value is -0.990. The Kier molecular flexibility index (Phi) is 2.52. The maximum atomic E-state index is 11.8. The minimum atomic E-state index is 0.0399. The van der Waals surface area contributed by atoms with Crippen LogP contribution in [0, 0.1) is 5.92 Å². The van der Waals surface area contributed by atoms with Crippen LogP contribution in [0.4, 0.5) is 0 Å². The zero-order valence-corrected chi connectivity index (χ0v) is 7.78. The molecule has 0 saturated carbocycles. The summed E-state index contributed by atoms with van der Waals surface area (Å²) in [4.78, 5) is 13.8. The third kappa shape index (κ3) is 1.85. The molecule has 0 bridgehead atoms. The summed E-state index contributed by atoms with van der Waals surface area (Å²) in [6.45, 7) is 2.56. The fourth-order valence-corrected chi connectivity index (χ4v) is 1.91. The molecule has 1 unspecified atom stereocenters. The second-order valence-corrected chi connectivity index (χ2v) is 3.70. The minimum absolute atomic E-state index is 0.0399. The van der Waals surface area contributed by atoms with Gasteiger partial charge in [-0.1, -0.05) is 6.08 Å². The molecular formula is C10H15N2O. The normalized spacial score (nSPS) is 27.4. The summed E-state index contributed by atoms with van der Waals surface area (Å²) < 4.78 is 0. The maximum Gasteiger partial charge on any atom is 0.231 e. The topological polar surface area (TPSA) is 34.4 Å². The molecule has 2 heterocycles. The molecule has 0 N–H and O–H groups in total. The predicted molar refractivity (Wildman–Crippen MR) is 50.1 cm³/mol. The lowest BCUT2D eigenvalue weighted by Crippen LogP contribution is -2.40. The molecule has 2 aliphatic heterocycles. The summed E-state index contributed by atoms with van der Waals surface area (Å²) in [5, 5.41) is 4.05. The Morgan fingerprint density at radius 1 is 1.31 bits per heavy atom. The molecule has 1 amide bonds. The fourth-order valence-electron chi connectivity index (χ4n) is 1.91. The van der Waals surface area contributed by atoms with Crippen LogP contribution in [0.5, 0.6) is 0 Å². The summed E-state index contributed by atoms with van der Waals surface area (Å²) in [5.74, 6) is 0.315. The number of piperidine rings is 1. The van der Waals surface area contributed by atoms with Crippen molar-refractivity contribution in [1.82, 2.24) is 10.2 Å². The average molecular weight is 179 g/mol. The van der Waals surface area contributed by atoms with E-state index in [9.17, 15) is 4.79 Å². The molecule has 0 aliphatic carbocycles. The van der Waals surface area contributed by atoms with Gasteiger partial charge in [0.1, 0.15) is 0 Å². The van der Waals surface area contributed by atoms with Crippen molar-refractivity contribution >= 4 is 5.91 Å². The molecule has 0 aromatic rings. The van der Waals surface area contributed by atoms with Crippen LogP contribution in [0.3, 0.4) is 0 Å². The Balaban J connectivity index is 1.91. The highest BCUT2D eigenvalue weighted by Gasteiger charge is 2.25. The number of nitrogens with zero attached hydrogens (tertiary/aromatic N) is 2. The van der Waals surface area contributed by atoms with Crippen molar-refractivity contribution in [2.45, 2.75) is 19.3 Å². The quantitative estimate of drug-likeness (QED) is 0.585. The van der Waals surface area contributed by atoms with Gasteiger partial charge in [0.25, 0.3) is 0 Å². The molecule has 71 valence electrons. The highest BCUT2D eigenvalue weighted by molar-refractivity contribution is 5.81. The van der Waals surface area contributed by atoms with Crippen molar-refractivity contribution in [3.8, 4) is 0 Å². The van der Waals surface area contributed by atoms with Gasteiger partial charge in [0.2, 0.25) is 5.91 Å². The highest BCUT2D eigenvalue weighted by Crippen LogP contribution is 2.14. The SMILES string of the molecule is O=C(C1C=C[N]C1)N1CCCCC1. The van der Waals surface area contributed by atoms with Crippen LogP contribution < -0.4 is 5.32 Å². The Morgan fingerprint density at radius 2 is 2.08 bits per heavy atom. The first-order chi connectivity index (χ1) is 6.38. The van der Waals surface area contributed by atoms with E-state index in [-0.39, 0.29) is 11.8 Å². The van der Waals surface area contributed by atoms with Crippen molar-refractivity contribution in [1.29, 1.82) is 0 Å². The number of amides is 1. The van der Waals surface area contributed by atoms with Crippen LogP contribution in [0.1, 0.15) is 19.3 Å². The second-order valence-electron chi connectivity index (χ2n) is 3.70. The molecule has 13 heavy (non-hydrogen) atoms. The van der Waals surface area contributed by atoms with Crippen molar-refractivity contribution in [2.24, 2.45) is 5.92 Å². The maximum absolute atomic E-state index is 11.8. The summed E-state index contributed by atoms with van der Waals surface area (Å²) in [5.41, 5.74) is 0. The van der Waals surface area contributed by atoms with E-state index >= 15 is 0 Å². The van der Waals surface area contributed by atoms with Crippen molar-refractivity contribution in [3.05, 3.63) is 12.3 Å². The summed E-state index contributed by atoms with van der Waals surface area (Å²) in [7, 11) is 0. The van der Waals surface area contributed by atoms with Gasteiger partial charge in [0.05, 0.1) is 12.5 Å².